The highest BCUT2D eigenvalue weighted by atomic mass is 16.5. The molecule has 0 radical (unpaired) electrons. The first-order chi connectivity index (χ1) is 9.84. The summed E-state index contributed by atoms with van der Waals surface area (Å²) in [6.45, 7) is 3.53. The van der Waals surface area contributed by atoms with Gasteiger partial charge in [0.2, 0.25) is 0 Å². The first-order valence-electron chi connectivity index (χ1n) is 7.67. The van der Waals surface area contributed by atoms with Gasteiger partial charge in [-0.1, -0.05) is 25.0 Å². The molecule has 20 heavy (non-hydrogen) atoms. The summed E-state index contributed by atoms with van der Waals surface area (Å²) >= 11 is 0. The Labute approximate surface area is 120 Å². The summed E-state index contributed by atoms with van der Waals surface area (Å²) in [7, 11) is 0. The maximum absolute atomic E-state index is 5.89. The van der Waals surface area contributed by atoms with Crippen LogP contribution in [0.1, 0.15) is 25.7 Å². The average molecular weight is 276 g/mol. The molecule has 0 bridgehead atoms. The molecule has 1 saturated carbocycles. The molecule has 3 rings (SSSR count). The Bertz CT molecular complexity index is 436. The summed E-state index contributed by atoms with van der Waals surface area (Å²) in [6, 6.07) is 8.28. The summed E-state index contributed by atoms with van der Waals surface area (Å²) < 4.78 is 11.7. The molecule has 4 heteroatoms. The number of nitrogen functional groups attached to an aromatic ring is 1. The van der Waals surface area contributed by atoms with Gasteiger partial charge in [-0.15, -0.1) is 0 Å². The van der Waals surface area contributed by atoms with E-state index in [0.29, 0.717) is 24.4 Å². The number of nitrogens with zero attached hydrogens (tertiary/aromatic N) is 1. The maximum Gasteiger partial charge on any atom is 0.142 e. The molecule has 0 spiro atoms. The first-order valence-corrected chi connectivity index (χ1v) is 7.67. The molecule has 0 aromatic heterocycles. The predicted octanol–water partition coefficient (Wildman–Crippen LogP) is 2.29. The SMILES string of the molecule is Nc1ccccc1OCCN1CCOC2CCCCC21. The van der Waals surface area contributed by atoms with Gasteiger partial charge in [0.15, 0.2) is 0 Å². The molecule has 2 N–H and O–H groups in total. The number of rotatable bonds is 4. The van der Waals surface area contributed by atoms with Gasteiger partial charge in [-0.05, 0) is 25.0 Å². The van der Waals surface area contributed by atoms with E-state index >= 15 is 0 Å². The van der Waals surface area contributed by atoms with Gasteiger partial charge in [0.25, 0.3) is 0 Å². The summed E-state index contributed by atoms with van der Waals surface area (Å²) in [4.78, 5) is 2.53. The van der Waals surface area contributed by atoms with E-state index in [-0.39, 0.29) is 0 Å². The smallest absolute Gasteiger partial charge is 0.142 e. The molecule has 1 saturated heterocycles. The van der Waals surface area contributed by atoms with Crippen molar-refractivity contribution < 1.29 is 9.47 Å². The van der Waals surface area contributed by atoms with Crippen LogP contribution in [0.5, 0.6) is 5.75 Å². The molecule has 1 heterocycles. The summed E-state index contributed by atoms with van der Waals surface area (Å²) in [5.74, 6) is 0.793. The van der Waals surface area contributed by atoms with Gasteiger partial charge in [-0.25, -0.2) is 0 Å². The van der Waals surface area contributed by atoms with Crippen LogP contribution < -0.4 is 10.5 Å². The van der Waals surface area contributed by atoms with Crippen LogP contribution >= 0.6 is 0 Å². The van der Waals surface area contributed by atoms with E-state index < -0.39 is 0 Å². The van der Waals surface area contributed by atoms with Crippen molar-refractivity contribution in [2.45, 2.75) is 37.8 Å². The van der Waals surface area contributed by atoms with Crippen LogP contribution in [0.3, 0.4) is 0 Å². The zero-order valence-electron chi connectivity index (χ0n) is 12.0. The number of benzene rings is 1. The minimum Gasteiger partial charge on any atom is -0.490 e. The highest BCUT2D eigenvalue weighted by Crippen LogP contribution is 2.28. The van der Waals surface area contributed by atoms with E-state index in [1.807, 2.05) is 24.3 Å². The monoisotopic (exact) mass is 276 g/mol. The van der Waals surface area contributed by atoms with Gasteiger partial charge in [0.05, 0.1) is 18.4 Å². The van der Waals surface area contributed by atoms with Crippen LogP contribution in [0.2, 0.25) is 0 Å². The van der Waals surface area contributed by atoms with Gasteiger partial charge >= 0.3 is 0 Å². The lowest BCUT2D eigenvalue weighted by Gasteiger charge is -2.43. The number of morpholine rings is 1. The second kappa shape index (κ2) is 6.46. The Balaban J connectivity index is 1.51. The van der Waals surface area contributed by atoms with Crippen LogP contribution in [-0.4, -0.2) is 43.3 Å². The fourth-order valence-corrected chi connectivity index (χ4v) is 3.34. The van der Waals surface area contributed by atoms with E-state index in [2.05, 4.69) is 4.90 Å². The lowest BCUT2D eigenvalue weighted by atomic mass is 9.90. The number of hydrogen-bond donors (Lipinski definition) is 1. The molecular weight excluding hydrogens is 252 g/mol. The Hall–Kier alpha value is -1.26. The molecule has 1 aromatic carbocycles. The summed E-state index contributed by atoms with van der Waals surface area (Å²) in [5.41, 5.74) is 6.60. The summed E-state index contributed by atoms with van der Waals surface area (Å²) in [6.07, 6.45) is 5.56. The number of para-hydroxylation sites is 2. The standard InChI is InChI=1S/C16H24N2O2/c17-13-5-1-3-7-15(13)19-11-9-18-10-12-20-16-8-4-2-6-14(16)18/h1,3,5,7,14,16H,2,4,6,8-12,17H2. The normalized spacial score (nSPS) is 27.0. The number of anilines is 1. The zero-order valence-corrected chi connectivity index (χ0v) is 12.0. The second-order valence-corrected chi connectivity index (χ2v) is 5.68. The molecule has 4 nitrogen and oxygen atoms in total. The molecule has 1 aliphatic heterocycles. The lowest BCUT2D eigenvalue weighted by Crippen LogP contribution is -2.53. The van der Waals surface area contributed by atoms with Gasteiger partial charge in [-0.3, -0.25) is 4.90 Å². The minimum atomic E-state index is 0.444. The molecule has 0 amide bonds. The molecule has 2 aliphatic rings. The van der Waals surface area contributed by atoms with Gasteiger partial charge in [0, 0.05) is 19.1 Å². The second-order valence-electron chi connectivity index (χ2n) is 5.68. The molecule has 1 aliphatic carbocycles. The van der Waals surface area contributed by atoms with Crippen LogP contribution in [0.15, 0.2) is 24.3 Å². The van der Waals surface area contributed by atoms with Crippen LogP contribution in [0.25, 0.3) is 0 Å². The van der Waals surface area contributed by atoms with E-state index in [4.69, 9.17) is 15.2 Å². The minimum absolute atomic E-state index is 0.444. The maximum atomic E-state index is 5.89. The van der Waals surface area contributed by atoms with Crippen molar-refractivity contribution in [2.24, 2.45) is 0 Å². The Kier molecular flexibility index (Phi) is 4.43. The van der Waals surface area contributed by atoms with Gasteiger partial charge in [0.1, 0.15) is 12.4 Å². The molecule has 2 atom stereocenters. The van der Waals surface area contributed by atoms with Crippen molar-refractivity contribution in [1.29, 1.82) is 0 Å². The lowest BCUT2D eigenvalue weighted by molar-refractivity contribution is -0.0901. The van der Waals surface area contributed by atoms with Gasteiger partial charge in [-0.2, -0.15) is 0 Å². The van der Waals surface area contributed by atoms with Crippen molar-refractivity contribution in [2.75, 3.05) is 32.0 Å². The van der Waals surface area contributed by atoms with Crippen molar-refractivity contribution in [3.63, 3.8) is 0 Å². The molecule has 2 fully saturated rings. The van der Waals surface area contributed by atoms with E-state index in [1.165, 1.54) is 25.7 Å². The number of nitrogens with two attached hydrogens (primary N) is 1. The van der Waals surface area contributed by atoms with Gasteiger partial charge < -0.3 is 15.2 Å². The Morgan fingerprint density at radius 1 is 1.25 bits per heavy atom. The number of fused-ring (bicyclic) bond motifs is 1. The van der Waals surface area contributed by atoms with E-state index in [0.717, 1.165) is 25.4 Å². The third-order valence-corrected chi connectivity index (χ3v) is 4.40. The van der Waals surface area contributed by atoms with Crippen molar-refractivity contribution in [1.82, 2.24) is 4.90 Å². The molecule has 110 valence electrons. The number of hydrogen-bond acceptors (Lipinski definition) is 4. The van der Waals surface area contributed by atoms with Crippen molar-refractivity contribution in [3.8, 4) is 5.75 Å². The highest BCUT2D eigenvalue weighted by Gasteiger charge is 2.33. The summed E-state index contributed by atoms with van der Waals surface area (Å²) in [5, 5.41) is 0. The average Bonchev–Trinajstić information content (AvgIpc) is 2.49. The third kappa shape index (κ3) is 3.07. The molecule has 2 unspecified atom stereocenters. The van der Waals surface area contributed by atoms with E-state index in [9.17, 15) is 0 Å². The quantitative estimate of drug-likeness (QED) is 0.857. The fraction of sp³-hybridized carbons (Fsp3) is 0.625. The third-order valence-electron chi connectivity index (χ3n) is 4.40. The Morgan fingerprint density at radius 2 is 2.10 bits per heavy atom. The first kappa shape index (κ1) is 13.7. The van der Waals surface area contributed by atoms with Crippen LogP contribution in [0.4, 0.5) is 5.69 Å². The molecule has 1 aromatic rings. The number of ether oxygens (including phenoxy) is 2. The largest absolute Gasteiger partial charge is 0.490 e. The zero-order chi connectivity index (χ0) is 13.8. The van der Waals surface area contributed by atoms with Crippen molar-refractivity contribution in [3.05, 3.63) is 24.3 Å². The molecular formula is C16H24N2O2. The fourth-order valence-electron chi connectivity index (χ4n) is 3.34. The topological polar surface area (TPSA) is 47.7 Å². The van der Waals surface area contributed by atoms with E-state index in [1.54, 1.807) is 0 Å². The Morgan fingerprint density at radius 3 is 3.00 bits per heavy atom. The van der Waals surface area contributed by atoms with Crippen LogP contribution in [0, 0.1) is 0 Å². The van der Waals surface area contributed by atoms with Crippen molar-refractivity contribution >= 4 is 5.69 Å². The van der Waals surface area contributed by atoms with Crippen LogP contribution in [-0.2, 0) is 4.74 Å². The predicted molar refractivity (Wildman–Crippen MR) is 79.9 cm³/mol. The highest BCUT2D eigenvalue weighted by molar-refractivity contribution is 5.51.